The molecule has 0 bridgehead atoms. The second kappa shape index (κ2) is 7.44. The quantitative estimate of drug-likeness (QED) is 0.650. The minimum absolute atomic E-state index is 0.194. The Labute approximate surface area is 167 Å². The number of amides is 1. The summed E-state index contributed by atoms with van der Waals surface area (Å²) in [5.74, 6) is 0.194. The lowest BCUT2D eigenvalue weighted by Gasteiger charge is -2.15. The monoisotopic (exact) mass is 400 g/mol. The lowest BCUT2D eigenvalue weighted by atomic mass is 10.1. The maximum Gasteiger partial charge on any atom is 0.227 e. The number of aryl methyl sites for hydroxylation is 1. The Kier molecular flexibility index (Phi) is 5.02. The van der Waals surface area contributed by atoms with Crippen LogP contribution in [0.4, 0.5) is 0 Å². The van der Waals surface area contributed by atoms with Crippen molar-refractivity contribution in [2.24, 2.45) is 0 Å². The van der Waals surface area contributed by atoms with Crippen molar-refractivity contribution in [2.45, 2.75) is 33.1 Å². The van der Waals surface area contributed by atoms with E-state index in [1.54, 1.807) is 11.3 Å². The maximum atomic E-state index is 12.5. The third kappa shape index (κ3) is 3.64. The van der Waals surface area contributed by atoms with Gasteiger partial charge < -0.3 is 4.90 Å². The molecular weight excluding hydrogens is 380 g/mol. The van der Waals surface area contributed by atoms with E-state index < -0.39 is 0 Å². The fourth-order valence-corrected chi connectivity index (χ4v) is 4.42. The zero-order valence-electron chi connectivity index (χ0n) is 15.4. The summed E-state index contributed by atoms with van der Waals surface area (Å²) in [7, 11) is 0. The fourth-order valence-electron chi connectivity index (χ4n) is 3.46. The molecule has 0 saturated carbocycles. The number of benzene rings is 1. The van der Waals surface area contributed by atoms with Gasteiger partial charge in [0.1, 0.15) is 0 Å². The molecule has 1 aliphatic heterocycles. The van der Waals surface area contributed by atoms with E-state index in [0.29, 0.717) is 11.4 Å². The minimum atomic E-state index is 0.194. The Morgan fingerprint density at radius 1 is 1.19 bits per heavy atom. The molecule has 5 nitrogen and oxygen atoms in total. The molecule has 1 amide bonds. The molecule has 0 atom stereocenters. The van der Waals surface area contributed by atoms with Gasteiger partial charge in [0.15, 0.2) is 0 Å². The number of hydrogen-bond donors (Lipinski definition) is 0. The molecule has 2 aromatic heterocycles. The van der Waals surface area contributed by atoms with Crippen molar-refractivity contribution in [3.05, 3.63) is 51.6 Å². The van der Waals surface area contributed by atoms with Gasteiger partial charge in [-0.3, -0.25) is 4.79 Å². The summed E-state index contributed by atoms with van der Waals surface area (Å²) in [6.07, 6.45) is 2.62. The van der Waals surface area contributed by atoms with E-state index in [2.05, 4.69) is 5.10 Å². The van der Waals surface area contributed by atoms with Crippen molar-refractivity contribution in [2.75, 3.05) is 13.1 Å². The normalized spacial score (nSPS) is 14.1. The first-order chi connectivity index (χ1) is 13.0. The Bertz CT molecular complexity index is 971. The van der Waals surface area contributed by atoms with E-state index in [1.807, 2.05) is 53.1 Å². The van der Waals surface area contributed by atoms with E-state index >= 15 is 0 Å². The summed E-state index contributed by atoms with van der Waals surface area (Å²) in [5, 5.41) is 8.19. The maximum absolute atomic E-state index is 12.5. The molecule has 3 aromatic rings. The van der Waals surface area contributed by atoms with E-state index in [-0.39, 0.29) is 5.91 Å². The molecule has 0 N–H and O–H groups in total. The summed E-state index contributed by atoms with van der Waals surface area (Å²) in [5.41, 5.74) is 4.80. The van der Waals surface area contributed by atoms with Crippen molar-refractivity contribution in [3.63, 3.8) is 0 Å². The average Bonchev–Trinajstić information content (AvgIpc) is 3.39. The van der Waals surface area contributed by atoms with E-state index in [9.17, 15) is 4.79 Å². The highest BCUT2D eigenvalue weighted by molar-refractivity contribution is 7.12. The Hall–Kier alpha value is -2.18. The Morgan fingerprint density at radius 2 is 1.89 bits per heavy atom. The Balaban J connectivity index is 1.59. The van der Waals surface area contributed by atoms with Crippen molar-refractivity contribution in [3.8, 4) is 16.4 Å². The number of rotatable bonds is 4. The minimum Gasteiger partial charge on any atom is -0.342 e. The summed E-state index contributed by atoms with van der Waals surface area (Å²) >= 11 is 7.51. The zero-order valence-corrected chi connectivity index (χ0v) is 17.0. The Morgan fingerprint density at radius 3 is 2.59 bits per heavy atom. The van der Waals surface area contributed by atoms with Gasteiger partial charge in [0.25, 0.3) is 0 Å². The standard InChI is InChI=1S/C20H21ClN4OS/c1-13-17(11-19(26)24-9-3-4-10-24)14(2)25(23-13)20-22-18(12-27-20)15-5-7-16(21)8-6-15/h5-8,12H,3-4,9-11H2,1-2H3. The van der Waals surface area contributed by atoms with Gasteiger partial charge in [0.05, 0.1) is 17.8 Å². The zero-order chi connectivity index (χ0) is 19.0. The predicted octanol–water partition coefficient (Wildman–Crippen LogP) is 4.43. The van der Waals surface area contributed by atoms with Crippen LogP contribution < -0.4 is 0 Å². The summed E-state index contributed by atoms with van der Waals surface area (Å²) < 4.78 is 1.85. The molecule has 1 fully saturated rings. The van der Waals surface area contributed by atoms with Crippen LogP contribution in [-0.2, 0) is 11.2 Å². The van der Waals surface area contributed by atoms with Crippen molar-refractivity contribution in [1.29, 1.82) is 0 Å². The summed E-state index contributed by atoms with van der Waals surface area (Å²) in [6.45, 7) is 5.73. The third-order valence-corrected chi connectivity index (χ3v) is 6.11. The van der Waals surface area contributed by atoms with Gasteiger partial charge in [-0.05, 0) is 38.8 Å². The summed E-state index contributed by atoms with van der Waals surface area (Å²) in [4.78, 5) is 19.2. The van der Waals surface area contributed by atoms with Crippen LogP contribution in [0.1, 0.15) is 29.8 Å². The number of carbonyl (C=O) groups excluding carboxylic acids is 1. The van der Waals surface area contributed by atoms with Crippen molar-refractivity contribution >= 4 is 28.8 Å². The number of aromatic nitrogens is 3. The van der Waals surface area contributed by atoms with Crippen LogP contribution in [0, 0.1) is 13.8 Å². The third-order valence-electron chi connectivity index (χ3n) is 5.04. The topological polar surface area (TPSA) is 51.0 Å². The van der Waals surface area contributed by atoms with Gasteiger partial charge in [0.2, 0.25) is 11.0 Å². The van der Waals surface area contributed by atoms with E-state index in [1.165, 1.54) is 0 Å². The highest BCUT2D eigenvalue weighted by Crippen LogP contribution is 2.27. The molecule has 140 valence electrons. The molecule has 0 spiro atoms. The molecule has 0 unspecified atom stereocenters. The lowest BCUT2D eigenvalue weighted by Crippen LogP contribution is -2.29. The highest BCUT2D eigenvalue weighted by Gasteiger charge is 2.22. The smallest absolute Gasteiger partial charge is 0.227 e. The van der Waals surface area contributed by atoms with Crippen LogP contribution in [0.5, 0.6) is 0 Å². The van der Waals surface area contributed by atoms with Gasteiger partial charge in [-0.15, -0.1) is 11.3 Å². The van der Waals surface area contributed by atoms with E-state index in [4.69, 9.17) is 16.6 Å². The molecule has 3 heterocycles. The van der Waals surface area contributed by atoms with Crippen LogP contribution in [0.2, 0.25) is 5.02 Å². The number of halogens is 1. The largest absolute Gasteiger partial charge is 0.342 e. The van der Waals surface area contributed by atoms with Crippen LogP contribution >= 0.6 is 22.9 Å². The summed E-state index contributed by atoms with van der Waals surface area (Å²) in [6, 6.07) is 7.65. The van der Waals surface area contributed by atoms with E-state index in [0.717, 1.165) is 59.3 Å². The molecular formula is C20H21ClN4OS. The second-order valence-corrected chi connectivity index (χ2v) is 8.12. The van der Waals surface area contributed by atoms with Crippen LogP contribution in [-0.4, -0.2) is 38.7 Å². The number of hydrogen-bond acceptors (Lipinski definition) is 4. The van der Waals surface area contributed by atoms with Gasteiger partial charge in [-0.1, -0.05) is 23.7 Å². The van der Waals surface area contributed by atoms with Gasteiger partial charge in [0, 0.05) is 40.3 Å². The molecule has 0 aliphatic carbocycles. The average molecular weight is 401 g/mol. The second-order valence-electron chi connectivity index (χ2n) is 6.85. The lowest BCUT2D eigenvalue weighted by molar-refractivity contribution is -0.129. The molecule has 1 saturated heterocycles. The van der Waals surface area contributed by atoms with Gasteiger partial charge in [-0.2, -0.15) is 5.10 Å². The van der Waals surface area contributed by atoms with Gasteiger partial charge in [-0.25, -0.2) is 9.67 Å². The first-order valence-electron chi connectivity index (χ1n) is 9.07. The molecule has 4 rings (SSSR count). The first-order valence-corrected chi connectivity index (χ1v) is 10.3. The molecule has 7 heteroatoms. The molecule has 27 heavy (non-hydrogen) atoms. The number of likely N-dealkylation sites (tertiary alicyclic amines) is 1. The van der Waals surface area contributed by atoms with Gasteiger partial charge >= 0.3 is 0 Å². The van der Waals surface area contributed by atoms with Crippen molar-refractivity contribution in [1.82, 2.24) is 19.7 Å². The molecule has 0 radical (unpaired) electrons. The number of thiazole rings is 1. The van der Waals surface area contributed by atoms with Crippen LogP contribution in [0.15, 0.2) is 29.6 Å². The predicted molar refractivity (Wildman–Crippen MR) is 109 cm³/mol. The molecule has 1 aliphatic rings. The van der Waals surface area contributed by atoms with Crippen LogP contribution in [0.3, 0.4) is 0 Å². The number of nitrogens with zero attached hydrogens (tertiary/aromatic N) is 4. The highest BCUT2D eigenvalue weighted by atomic mass is 35.5. The fraction of sp³-hybridized carbons (Fsp3) is 0.350. The number of carbonyl (C=O) groups is 1. The first kappa shape index (κ1) is 18.2. The van der Waals surface area contributed by atoms with Crippen LogP contribution in [0.25, 0.3) is 16.4 Å². The van der Waals surface area contributed by atoms with Crippen molar-refractivity contribution < 1.29 is 4.79 Å². The SMILES string of the molecule is Cc1nn(-c2nc(-c3ccc(Cl)cc3)cs2)c(C)c1CC(=O)N1CCCC1. The molecule has 1 aromatic carbocycles.